The Labute approximate surface area is 269 Å². The molecule has 2 aromatic carbocycles. The average molecular weight is 637 g/mol. The van der Waals surface area contributed by atoms with E-state index in [2.05, 4.69) is 69.0 Å². The highest BCUT2D eigenvalue weighted by Gasteiger charge is 2.66. The SMILES string of the molecule is Cc1c(-c2ccnnc2)cccc1C(Nc1cc(C#N)c2ncc(C#N)c(NCC(C)(C)C)c2c1)c1cn(C2(C(F)(F)F)CC2)nn1. The van der Waals surface area contributed by atoms with Crippen LogP contribution in [0.1, 0.15) is 67.6 Å². The number of pyridine rings is 1. The van der Waals surface area contributed by atoms with E-state index in [9.17, 15) is 23.7 Å². The van der Waals surface area contributed by atoms with Crippen molar-refractivity contribution in [1.29, 1.82) is 10.5 Å². The van der Waals surface area contributed by atoms with Crippen molar-refractivity contribution < 1.29 is 13.2 Å². The van der Waals surface area contributed by atoms with Crippen molar-refractivity contribution in [3.8, 4) is 23.3 Å². The number of nitrogens with one attached hydrogen (secondary N) is 2. The number of nitrogens with zero attached hydrogens (tertiary/aromatic N) is 8. The topological polar surface area (TPSA) is 141 Å². The first-order valence-electron chi connectivity index (χ1n) is 15.0. The normalized spacial score (nSPS) is 14.7. The third kappa shape index (κ3) is 5.92. The molecule has 2 N–H and O–H groups in total. The van der Waals surface area contributed by atoms with E-state index in [0.717, 1.165) is 26.9 Å². The van der Waals surface area contributed by atoms with Crippen molar-refractivity contribution in [3.05, 3.63) is 89.1 Å². The van der Waals surface area contributed by atoms with Gasteiger partial charge in [-0.25, -0.2) is 4.68 Å². The Morgan fingerprint density at radius 3 is 2.43 bits per heavy atom. The molecule has 5 aromatic rings. The van der Waals surface area contributed by atoms with Gasteiger partial charge in [0, 0.05) is 29.4 Å². The summed E-state index contributed by atoms with van der Waals surface area (Å²) in [5.41, 5.74) is 3.34. The zero-order chi connectivity index (χ0) is 33.6. The zero-order valence-electron chi connectivity index (χ0n) is 26.2. The Morgan fingerprint density at radius 2 is 1.79 bits per heavy atom. The first-order valence-corrected chi connectivity index (χ1v) is 15.0. The standard InChI is InChI=1S/C34H31F3N10/c1-20-25(21-8-11-42-43-17-21)6-5-7-26(20)31(28-18-47(46-45-28)33(9-10-33)34(35,36)37)44-24-12-22(14-38)29-27(13-24)30(23(15-39)16-40-29)41-19-32(2,3)4/h5-8,11-13,16-18,31,44H,9-10,19H2,1-4H3,(H,40,41). The predicted molar refractivity (Wildman–Crippen MR) is 170 cm³/mol. The molecule has 1 fully saturated rings. The second kappa shape index (κ2) is 11.7. The number of benzene rings is 2. The Hall–Kier alpha value is -5.56. The number of anilines is 2. The number of rotatable bonds is 8. The van der Waals surface area contributed by atoms with Crippen molar-refractivity contribution in [1.82, 2.24) is 30.2 Å². The molecule has 47 heavy (non-hydrogen) atoms. The van der Waals surface area contributed by atoms with E-state index in [1.165, 1.54) is 12.4 Å². The minimum Gasteiger partial charge on any atom is -0.383 e. The highest BCUT2D eigenvalue weighted by atomic mass is 19.4. The van der Waals surface area contributed by atoms with Crippen LogP contribution in [0.2, 0.25) is 0 Å². The molecule has 1 saturated carbocycles. The summed E-state index contributed by atoms with van der Waals surface area (Å²) in [5, 5.41) is 43.5. The zero-order valence-corrected chi connectivity index (χ0v) is 26.2. The summed E-state index contributed by atoms with van der Waals surface area (Å²) >= 11 is 0. The van der Waals surface area contributed by atoms with Gasteiger partial charge in [0.1, 0.15) is 17.8 Å². The van der Waals surface area contributed by atoms with Crippen molar-refractivity contribution in [2.45, 2.75) is 58.3 Å². The van der Waals surface area contributed by atoms with Gasteiger partial charge in [-0.3, -0.25) is 4.98 Å². The fraction of sp³-hybridized carbons (Fsp3) is 0.324. The number of alkyl halides is 3. The largest absolute Gasteiger partial charge is 0.413 e. The van der Waals surface area contributed by atoms with Crippen LogP contribution in [0.4, 0.5) is 24.5 Å². The van der Waals surface area contributed by atoms with E-state index in [-0.39, 0.29) is 29.5 Å². The number of hydrogen-bond acceptors (Lipinski definition) is 9. The average Bonchev–Trinajstić information content (AvgIpc) is 3.73. The van der Waals surface area contributed by atoms with Crippen LogP contribution >= 0.6 is 0 Å². The molecule has 10 nitrogen and oxygen atoms in total. The lowest BCUT2D eigenvalue weighted by Crippen LogP contribution is -2.35. The van der Waals surface area contributed by atoms with E-state index in [1.807, 2.05) is 31.2 Å². The van der Waals surface area contributed by atoms with E-state index < -0.39 is 17.8 Å². The van der Waals surface area contributed by atoms with E-state index in [4.69, 9.17) is 0 Å². The van der Waals surface area contributed by atoms with Gasteiger partial charge in [0.2, 0.25) is 0 Å². The minimum atomic E-state index is -4.48. The van der Waals surface area contributed by atoms with Gasteiger partial charge in [-0.15, -0.1) is 5.10 Å². The Bertz CT molecular complexity index is 2050. The molecule has 1 unspecified atom stereocenters. The van der Waals surface area contributed by atoms with Crippen LogP contribution in [0.25, 0.3) is 22.0 Å². The maximum Gasteiger partial charge on any atom is 0.413 e. The number of nitriles is 2. The van der Waals surface area contributed by atoms with Crippen LogP contribution in [-0.4, -0.2) is 42.9 Å². The Kier molecular flexibility index (Phi) is 7.80. The monoisotopic (exact) mass is 636 g/mol. The second-order valence-electron chi connectivity index (χ2n) is 13.0. The molecule has 0 saturated heterocycles. The number of fused-ring (bicyclic) bond motifs is 1. The molecule has 0 spiro atoms. The van der Waals surface area contributed by atoms with Crippen LogP contribution in [0.3, 0.4) is 0 Å². The fourth-order valence-electron chi connectivity index (χ4n) is 5.69. The number of halogens is 3. The summed E-state index contributed by atoms with van der Waals surface area (Å²) < 4.78 is 43.1. The van der Waals surface area contributed by atoms with Crippen molar-refractivity contribution in [3.63, 3.8) is 0 Å². The molecule has 0 bridgehead atoms. The molecule has 3 aromatic heterocycles. The molecule has 1 aliphatic rings. The molecule has 0 amide bonds. The maximum absolute atomic E-state index is 14.1. The maximum atomic E-state index is 14.1. The van der Waals surface area contributed by atoms with E-state index in [0.29, 0.717) is 34.4 Å². The number of hydrogen-bond donors (Lipinski definition) is 2. The molecular weight excluding hydrogens is 605 g/mol. The second-order valence-corrected chi connectivity index (χ2v) is 13.0. The molecule has 13 heteroatoms. The molecular formula is C34H31F3N10. The van der Waals surface area contributed by atoms with Gasteiger partial charge < -0.3 is 10.6 Å². The van der Waals surface area contributed by atoms with Crippen molar-refractivity contribution in [2.24, 2.45) is 5.41 Å². The van der Waals surface area contributed by atoms with Crippen molar-refractivity contribution in [2.75, 3.05) is 17.2 Å². The van der Waals surface area contributed by atoms with Crippen LogP contribution in [0.15, 0.2) is 61.2 Å². The van der Waals surface area contributed by atoms with Crippen LogP contribution < -0.4 is 10.6 Å². The molecule has 3 heterocycles. The quantitative estimate of drug-likeness (QED) is 0.183. The van der Waals surface area contributed by atoms with E-state index in [1.54, 1.807) is 24.5 Å². The third-order valence-corrected chi connectivity index (χ3v) is 8.40. The summed E-state index contributed by atoms with van der Waals surface area (Å²) in [6, 6.07) is 14.5. The first kappa shape index (κ1) is 31.4. The van der Waals surface area contributed by atoms with Gasteiger partial charge in [-0.2, -0.15) is 33.9 Å². The summed E-state index contributed by atoms with van der Waals surface area (Å²) in [5.74, 6) is 0. The lowest BCUT2D eigenvalue weighted by Gasteiger charge is -2.24. The van der Waals surface area contributed by atoms with Crippen LogP contribution in [0, 0.1) is 35.0 Å². The molecule has 1 atom stereocenters. The fourth-order valence-corrected chi connectivity index (χ4v) is 5.69. The molecule has 0 aliphatic heterocycles. The minimum absolute atomic E-state index is 0.0737. The molecule has 6 rings (SSSR count). The Balaban J connectivity index is 1.51. The lowest BCUT2D eigenvalue weighted by atomic mass is 9.92. The summed E-state index contributed by atoms with van der Waals surface area (Å²) in [7, 11) is 0. The van der Waals surface area contributed by atoms with Gasteiger partial charge >= 0.3 is 6.18 Å². The van der Waals surface area contributed by atoms with Gasteiger partial charge in [0.25, 0.3) is 0 Å². The molecule has 0 radical (unpaired) electrons. The highest BCUT2D eigenvalue weighted by Crippen LogP contribution is 2.55. The van der Waals surface area contributed by atoms with Gasteiger partial charge in [-0.05, 0) is 60.1 Å². The van der Waals surface area contributed by atoms with Gasteiger partial charge in [0.05, 0.1) is 47.0 Å². The third-order valence-electron chi connectivity index (χ3n) is 8.40. The first-order chi connectivity index (χ1) is 22.3. The van der Waals surface area contributed by atoms with Gasteiger partial charge in [-0.1, -0.05) is 44.2 Å². The van der Waals surface area contributed by atoms with E-state index >= 15 is 0 Å². The van der Waals surface area contributed by atoms with Crippen LogP contribution in [-0.2, 0) is 5.54 Å². The summed E-state index contributed by atoms with van der Waals surface area (Å²) in [6.07, 6.45) is 1.38. The summed E-state index contributed by atoms with van der Waals surface area (Å²) in [4.78, 5) is 4.43. The lowest BCUT2D eigenvalue weighted by molar-refractivity contribution is -0.182. The summed E-state index contributed by atoms with van der Waals surface area (Å²) in [6.45, 7) is 8.64. The molecule has 238 valence electrons. The Morgan fingerprint density at radius 1 is 1.02 bits per heavy atom. The highest BCUT2D eigenvalue weighted by molar-refractivity contribution is 5.99. The number of aromatic nitrogens is 6. The smallest absolute Gasteiger partial charge is 0.383 e. The van der Waals surface area contributed by atoms with Crippen LogP contribution in [0.5, 0.6) is 0 Å². The molecule has 1 aliphatic carbocycles. The van der Waals surface area contributed by atoms with Gasteiger partial charge in [0.15, 0.2) is 5.54 Å². The van der Waals surface area contributed by atoms with Crippen molar-refractivity contribution >= 4 is 22.3 Å². The predicted octanol–water partition coefficient (Wildman–Crippen LogP) is 7.05.